The molecule has 0 bridgehead atoms. The van der Waals surface area contributed by atoms with Crippen LogP contribution in [0, 0.1) is 19.8 Å². The van der Waals surface area contributed by atoms with Crippen molar-refractivity contribution in [2.24, 2.45) is 5.92 Å². The molecular formula is C25H25ClN4O2S2. The van der Waals surface area contributed by atoms with Crippen LogP contribution in [-0.2, 0) is 4.74 Å². The van der Waals surface area contributed by atoms with E-state index in [-0.39, 0.29) is 5.92 Å². The highest BCUT2D eigenvalue weighted by atomic mass is 35.5. The minimum absolute atomic E-state index is 0.266. The van der Waals surface area contributed by atoms with E-state index in [4.69, 9.17) is 21.3 Å². The molecule has 0 aliphatic rings. The third kappa shape index (κ3) is 5.58. The van der Waals surface area contributed by atoms with Gasteiger partial charge in [-0.15, -0.1) is 22.7 Å². The van der Waals surface area contributed by atoms with Crippen LogP contribution < -0.4 is 10.2 Å². The summed E-state index contributed by atoms with van der Waals surface area (Å²) in [6, 6.07) is 13.4. The fourth-order valence-electron chi connectivity index (χ4n) is 3.29. The van der Waals surface area contributed by atoms with E-state index in [1.807, 2.05) is 73.5 Å². The molecule has 4 aromatic rings. The number of carbonyl (C=O) groups excluding carboxylic acids is 1. The second kappa shape index (κ2) is 10.5. The summed E-state index contributed by atoms with van der Waals surface area (Å²) >= 11 is 9.19. The molecule has 1 amide bonds. The van der Waals surface area contributed by atoms with Crippen LogP contribution in [0.5, 0.6) is 0 Å². The van der Waals surface area contributed by atoms with Gasteiger partial charge in [0.15, 0.2) is 10.3 Å². The number of halogens is 1. The SMILES string of the molecule is Cc1ccc(NC(=O)OCC(C)C)cc1N(c1nccs1)c1nc(-c2ccc(Cl)cc2)c(C)s1. The molecule has 0 aliphatic heterocycles. The van der Waals surface area contributed by atoms with E-state index in [2.05, 4.69) is 17.2 Å². The fraction of sp³-hybridized carbons (Fsp3) is 0.240. The van der Waals surface area contributed by atoms with Crippen LogP contribution in [-0.4, -0.2) is 22.7 Å². The molecule has 0 unspecified atom stereocenters. The quantitative estimate of drug-likeness (QED) is 0.270. The van der Waals surface area contributed by atoms with Gasteiger partial charge in [0.25, 0.3) is 0 Å². The minimum Gasteiger partial charge on any atom is -0.449 e. The molecule has 0 saturated heterocycles. The van der Waals surface area contributed by atoms with Gasteiger partial charge in [-0.3, -0.25) is 10.2 Å². The van der Waals surface area contributed by atoms with Crippen molar-refractivity contribution in [2.45, 2.75) is 27.7 Å². The lowest BCUT2D eigenvalue weighted by Crippen LogP contribution is -2.17. The Morgan fingerprint density at radius 1 is 1.15 bits per heavy atom. The first-order valence-corrected chi connectivity index (χ1v) is 12.9. The second-order valence-corrected chi connectivity index (χ2v) is 10.7. The molecule has 0 radical (unpaired) electrons. The van der Waals surface area contributed by atoms with Crippen LogP contribution in [0.2, 0.25) is 5.02 Å². The number of anilines is 4. The third-order valence-corrected chi connectivity index (χ3v) is 6.91. The van der Waals surface area contributed by atoms with Gasteiger partial charge in [0.2, 0.25) is 0 Å². The van der Waals surface area contributed by atoms with Crippen LogP contribution in [0.1, 0.15) is 24.3 Å². The molecule has 2 aromatic carbocycles. The number of nitrogens with zero attached hydrogens (tertiary/aromatic N) is 3. The lowest BCUT2D eigenvalue weighted by Gasteiger charge is -2.22. The summed E-state index contributed by atoms with van der Waals surface area (Å²) in [5.74, 6) is 0.266. The zero-order valence-electron chi connectivity index (χ0n) is 19.3. The van der Waals surface area contributed by atoms with Crippen LogP contribution in [0.15, 0.2) is 54.0 Å². The predicted molar refractivity (Wildman–Crippen MR) is 142 cm³/mol. The highest BCUT2D eigenvalue weighted by molar-refractivity contribution is 7.17. The Morgan fingerprint density at radius 3 is 2.59 bits per heavy atom. The number of carbonyl (C=O) groups is 1. The smallest absolute Gasteiger partial charge is 0.411 e. The Kier molecular flexibility index (Phi) is 7.50. The zero-order valence-corrected chi connectivity index (χ0v) is 21.7. The van der Waals surface area contributed by atoms with Crippen molar-refractivity contribution in [3.05, 3.63) is 69.5 Å². The molecule has 2 heterocycles. The third-order valence-electron chi connectivity index (χ3n) is 4.95. The summed E-state index contributed by atoms with van der Waals surface area (Å²) < 4.78 is 5.28. The molecule has 0 aliphatic carbocycles. The lowest BCUT2D eigenvalue weighted by atomic mass is 10.1. The summed E-state index contributed by atoms with van der Waals surface area (Å²) in [6.45, 7) is 8.44. The highest BCUT2D eigenvalue weighted by Gasteiger charge is 2.23. The Hall–Kier alpha value is -2.94. The van der Waals surface area contributed by atoms with Gasteiger partial charge in [0, 0.05) is 32.7 Å². The number of thiazole rings is 2. The van der Waals surface area contributed by atoms with Crippen LogP contribution in [0.25, 0.3) is 11.3 Å². The van der Waals surface area contributed by atoms with E-state index in [1.165, 1.54) is 11.3 Å². The van der Waals surface area contributed by atoms with Gasteiger partial charge < -0.3 is 4.74 Å². The molecule has 4 rings (SSSR count). The van der Waals surface area contributed by atoms with E-state index in [0.29, 0.717) is 17.3 Å². The number of ether oxygens (including phenoxy) is 1. The second-order valence-electron chi connectivity index (χ2n) is 8.18. The maximum absolute atomic E-state index is 12.2. The Balaban J connectivity index is 1.72. The molecule has 34 heavy (non-hydrogen) atoms. The maximum Gasteiger partial charge on any atom is 0.411 e. The van der Waals surface area contributed by atoms with Crippen molar-refractivity contribution in [1.82, 2.24) is 9.97 Å². The molecule has 6 nitrogen and oxygen atoms in total. The molecule has 0 fully saturated rings. The number of amides is 1. The number of hydrogen-bond donors (Lipinski definition) is 1. The monoisotopic (exact) mass is 512 g/mol. The summed E-state index contributed by atoms with van der Waals surface area (Å²) in [5, 5.41) is 7.03. The molecule has 176 valence electrons. The van der Waals surface area contributed by atoms with E-state index < -0.39 is 6.09 Å². The standard InChI is InChI=1S/C25H25ClN4O2S2/c1-15(2)14-32-25(31)28-20-10-5-16(3)21(13-20)30(23-27-11-12-33-23)24-29-22(17(4)34-24)18-6-8-19(26)9-7-18/h5-13,15H,14H2,1-4H3,(H,28,31). The Bertz CT molecular complexity index is 1270. The van der Waals surface area contributed by atoms with Gasteiger partial charge in [-0.05, 0) is 49.6 Å². The van der Waals surface area contributed by atoms with Gasteiger partial charge in [-0.1, -0.05) is 43.6 Å². The summed E-state index contributed by atoms with van der Waals surface area (Å²) in [7, 11) is 0. The average molecular weight is 513 g/mol. The molecular weight excluding hydrogens is 488 g/mol. The van der Waals surface area contributed by atoms with Crippen molar-refractivity contribution < 1.29 is 9.53 Å². The number of nitrogens with one attached hydrogen (secondary N) is 1. The van der Waals surface area contributed by atoms with Gasteiger partial charge in [0.1, 0.15) is 0 Å². The molecule has 0 saturated carbocycles. The topological polar surface area (TPSA) is 67.3 Å². The van der Waals surface area contributed by atoms with Crippen LogP contribution >= 0.6 is 34.3 Å². The van der Waals surface area contributed by atoms with E-state index in [1.54, 1.807) is 17.5 Å². The molecule has 9 heteroatoms. The van der Waals surface area contributed by atoms with Gasteiger partial charge in [-0.25, -0.2) is 14.8 Å². The number of aromatic nitrogens is 2. The molecule has 1 N–H and O–H groups in total. The summed E-state index contributed by atoms with van der Waals surface area (Å²) in [6.07, 6.45) is 1.30. The van der Waals surface area contributed by atoms with Gasteiger partial charge >= 0.3 is 6.09 Å². The maximum atomic E-state index is 12.2. The molecule has 2 aromatic heterocycles. The molecule has 0 atom stereocenters. The zero-order chi connectivity index (χ0) is 24.2. The van der Waals surface area contributed by atoms with Gasteiger partial charge in [-0.2, -0.15) is 0 Å². The van der Waals surface area contributed by atoms with E-state index in [0.717, 1.165) is 37.6 Å². The first-order valence-electron chi connectivity index (χ1n) is 10.8. The predicted octanol–water partition coefficient (Wildman–Crippen LogP) is 8.21. The normalized spacial score (nSPS) is 11.0. The van der Waals surface area contributed by atoms with Crippen molar-refractivity contribution >= 4 is 62.0 Å². The van der Waals surface area contributed by atoms with E-state index >= 15 is 0 Å². The number of benzene rings is 2. The minimum atomic E-state index is -0.473. The first kappa shape index (κ1) is 24.2. The average Bonchev–Trinajstić information content (AvgIpc) is 3.46. The number of hydrogen-bond acceptors (Lipinski definition) is 7. The fourth-order valence-corrected chi connectivity index (χ4v) is 5.08. The van der Waals surface area contributed by atoms with Crippen LogP contribution in [0.4, 0.5) is 26.4 Å². The van der Waals surface area contributed by atoms with Gasteiger partial charge in [0.05, 0.1) is 18.0 Å². The van der Waals surface area contributed by atoms with E-state index in [9.17, 15) is 4.79 Å². The van der Waals surface area contributed by atoms with Crippen molar-refractivity contribution in [3.63, 3.8) is 0 Å². The van der Waals surface area contributed by atoms with Crippen molar-refractivity contribution in [1.29, 1.82) is 0 Å². The first-order chi connectivity index (χ1) is 16.3. The number of rotatable bonds is 7. The molecule has 0 spiro atoms. The summed E-state index contributed by atoms with van der Waals surface area (Å²) in [5.41, 5.74) is 4.46. The Labute approximate surface area is 212 Å². The van der Waals surface area contributed by atoms with Crippen LogP contribution in [0.3, 0.4) is 0 Å². The Morgan fingerprint density at radius 2 is 1.91 bits per heavy atom. The highest BCUT2D eigenvalue weighted by Crippen LogP contribution is 2.43. The van der Waals surface area contributed by atoms with Crippen molar-refractivity contribution in [2.75, 3.05) is 16.8 Å². The number of aryl methyl sites for hydroxylation is 2. The largest absolute Gasteiger partial charge is 0.449 e. The summed E-state index contributed by atoms with van der Waals surface area (Å²) in [4.78, 5) is 24.9. The van der Waals surface area contributed by atoms with Crippen molar-refractivity contribution in [3.8, 4) is 11.3 Å². The lowest BCUT2D eigenvalue weighted by molar-refractivity contribution is 0.147.